The van der Waals surface area contributed by atoms with Crippen molar-refractivity contribution >= 4 is 11.9 Å². The largest absolute Gasteiger partial charge is 0.508 e. The van der Waals surface area contributed by atoms with Gasteiger partial charge in [-0.05, 0) is 17.2 Å². The van der Waals surface area contributed by atoms with E-state index in [0.717, 1.165) is 38.3 Å². The molecule has 4 rings (SSSR count). The number of carboxylic acid groups (broad SMARTS) is 2. The quantitative estimate of drug-likeness (QED) is 0.514. The zero-order valence-electron chi connectivity index (χ0n) is 18.2. The maximum Gasteiger partial charge on any atom is 0.414 e. The summed E-state index contributed by atoms with van der Waals surface area (Å²) in [5.41, 5.74) is 3.70. The summed E-state index contributed by atoms with van der Waals surface area (Å²) >= 11 is 0. The average molecular weight is 449 g/mol. The molecule has 0 amide bonds. The van der Waals surface area contributed by atoms with Crippen molar-refractivity contribution in [2.45, 2.75) is 12.6 Å². The molecule has 7 heteroatoms. The van der Waals surface area contributed by atoms with Crippen LogP contribution in [0.5, 0.6) is 5.75 Å². The second kappa shape index (κ2) is 11.8. The van der Waals surface area contributed by atoms with Crippen LogP contribution in [0.15, 0.2) is 84.9 Å². The number of carboxylic acids is 2. The molecule has 3 N–H and O–H groups in total. The third-order valence-electron chi connectivity index (χ3n) is 5.57. The summed E-state index contributed by atoms with van der Waals surface area (Å²) in [5, 5.41) is 24.8. The van der Waals surface area contributed by atoms with Crippen LogP contribution < -0.4 is 0 Å². The van der Waals surface area contributed by atoms with Crippen LogP contribution in [0.4, 0.5) is 0 Å². The highest BCUT2D eigenvalue weighted by molar-refractivity contribution is 6.27. The number of para-hydroxylation sites is 1. The van der Waals surface area contributed by atoms with Crippen LogP contribution >= 0.6 is 0 Å². The van der Waals surface area contributed by atoms with Crippen molar-refractivity contribution in [2.75, 3.05) is 26.2 Å². The smallest absolute Gasteiger partial charge is 0.414 e. The maximum absolute atomic E-state index is 10.0. The maximum atomic E-state index is 10.0. The van der Waals surface area contributed by atoms with E-state index >= 15 is 0 Å². The van der Waals surface area contributed by atoms with E-state index in [4.69, 9.17) is 19.8 Å². The van der Waals surface area contributed by atoms with Gasteiger partial charge < -0.3 is 15.3 Å². The Balaban J connectivity index is 0.000000454. The summed E-state index contributed by atoms with van der Waals surface area (Å²) < 4.78 is 0. The van der Waals surface area contributed by atoms with Gasteiger partial charge in [0.2, 0.25) is 0 Å². The molecule has 0 bridgehead atoms. The molecule has 0 spiro atoms. The fraction of sp³-hybridized carbons (Fsp3) is 0.231. The first kappa shape index (κ1) is 24.0. The van der Waals surface area contributed by atoms with E-state index in [1.165, 1.54) is 11.1 Å². The Hall–Kier alpha value is -3.68. The van der Waals surface area contributed by atoms with Crippen LogP contribution in [0, 0.1) is 0 Å². The zero-order valence-corrected chi connectivity index (χ0v) is 18.2. The lowest BCUT2D eigenvalue weighted by molar-refractivity contribution is -0.159. The van der Waals surface area contributed by atoms with Crippen molar-refractivity contribution < 1.29 is 24.9 Å². The number of phenolic OH excluding ortho intramolecular Hbond substituents is 1. The molecule has 1 fully saturated rings. The number of phenols is 1. The minimum absolute atomic E-state index is 0.291. The topological polar surface area (TPSA) is 101 Å². The second-order valence-corrected chi connectivity index (χ2v) is 7.78. The van der Waals surface area contributed by atoms with E-state index in [1.54, 1.807) is 6.07 Å². The number of carbonyl (C=O) groups is 2. The minimum Gasteiger partial charge on any atom is -0.508 e. The molecule has 0 unspecified atom stereocenters. The van der Waals surface area contributed by atoms with Gasteiger partial charge >= 0.3 is 11.9 Å². The summed E-state index contributed by atoms with van der Waals surface area (Å²) in [6, 6.07) is 29.5. The highest BCUT2D eigenvalue weighted by Crippen LogP contribution is 2.30. The van der Waals surface area contributed by atoms with Crippen molar-refractivity contribution in [3.05, 3.63) is 102 Å². The molecule has 33 heavy (non-hydrogen) atoms. The van der Waals surface area contributed by atoms with Gasteiger partial charge in [-0.25, -0.2) is 9.59 Å². The monoisotopic (exact) mass is 448 g/mol. The first-order valence-electron chi connectivity index (χ1n) is 10.7. The first-order valence-corrected chi connectivity index (χ1v) is 10.7. The molecule has 0 saturated carbocycles. The first-order chi connectivity index (χ1) is 16.0. The Labute approximate surface area is 193 Å². The number of benzene rings is 3. The fourth-order valence-corrected chi connectivity index (χ4v) is 3.95. The van der Waals surface area contributed by atoms with Gasteiger partial charge in [-0.15, -0.1) is 0 Å². The molecule has 7 nitrogen and oxygen atoms in total. The average Bonchev–Trinajstić information content (AvgIpc) is 2.83. The standard InChI is InChI=1S/C24H26N2O.C2H2O4/c27-23-14-8-7-13-22(23)19-25-15-17-26(18-16-25)24(20-9-3-1-4-10-20)21-11-5-2-6-12-21;3-1(4)2(5)6/h1-14,24,27H,15-19H2;(H,3,4)(H,5,6). The van der Waals surface area contributed by atoms with Crippen LogP contribution in [0.3, 0.4) is 0 Å². The Bertz CT molecular complexity index is 983. The lowest BCUT2D eigenvalue weighted by Crippen LogP contribution is -2.47. The van der Waals surface area contributed by atoms with E-state index in [0.29, 0.717) is 11.8 Å². The van der Waals surface area contributed by atoms with Gasteiger partial charge in [0.25, 0.3) is 0 Å². The van der Waals surface area contributed by atoms with Gasteiger partial charge in [0.05, 0.1) is 6.04 Å². The van der Waals surface area contributed by atoms with Crippen LogP contribution in [-0.2, 0) is 16.1 Å². The minimum atomic E-state index is -1.82. The van der Waals surface area contributed by atoms with E-state index < -0.39 is 11.9 Å². The van der Waals surface area contributed by atoms with Crippen molar-refractivity contribution in [3.63, 3.8) is 0 Å². The van der Waals surface area contributed by atoms with Gasteiger partial charge in [-0.3, -0.25) is 9.80 Å². The van der Waals surface area contributed by atoms with Crippen molar-refractivity contribution in [1.82, 2.24) is 9.80 Å². The number of piperazine rings is 1. The van der Waals surface area contributed by atoms with E-state index in [9.17, 15) is 5.11 Å². The van der Waals surface area contributed by atoms with E-state index in [1.807, 2.05) is 18.2 Å². The van der Waals surface area contributed by atoms with Gasteiger partial charge in [-0.1, -0.05) is 78.9 Å². The summed E-state index contributed by atoms with van der Waals surface area (Å²) in [6.07, 6.45) is 0. The number of hydrogen-bond acceptors (Lipinski definition) is 5. The van der Waals surface area contributed by atoms with Gasteiger partial charge in [0, 0.05) is 38.3 Å². The lowest BCUT2D eigenvalue weighted by atomic mass is 9.96. The molecule has 172 valence electrons. The molecule has 0 aromatic heterocycles. The number of aromatic hydroxyl groups is 1. The van der Waals surface area contributed by atoms with E-state index in [2.05, 4.69) is 70.5 Å². The Morgan fingerprint density at radius 3 is 1.61 bits per heavy atom. The summed E-state index contributed by atoms with van der Waals surface area (Å²) in [6.45, 7) is 4.85. The second-order valence-electron chi connectivity index (χ2n) is 7.78. The van der Waals surface area contributed by atoms with Crippen molar-refractivity contribution in [3.8, 4) is 5.75 Å². The molecule has 0 radical (unpaired) electrons. The van der Waals surface area contributed by atoms with Crippen LogP contribution in [-0.4, -0.2) is 63.2 Å². The molecule has 1 saturated heterocycles. The summed E-state index contributed by atoms with van der Waals surface area (Å²) in [5.74, 6) is -3.25. The molecule has 3 aromatic rings. The lowest BCUT2D eigenvalue weighted by Gasteiger charge is -2.40. The third kappa shape index (κ3) is 6.90. The highest BCUT2D eigenvalue weighted by atomic mass is 16.4. The molecular weight excluding hydrogens is 420 g/mol. The Morgan fingerprint density at radius 2 is 1.15 bits per heavy atom. The molecule has 0 atom stereocenters. The number of aliphatic carboxylic acids is 2. The predicted octanol–water partition coefficient (Wildman–Crippen LogP) is 3.46. The third-order valence-corrected chi connectivity index (χ3v) is 5.57. The van der Waals surface area contributed by atoms with Gasteiger partial charge in [-0.2, -0.15) is 0 Å². The molecular formula is C26H28N2O5. The Morgan fingerprint density at radius 1 is 0.697 bits per heavy atom. The normalized spacial score (nSPS) is 14.3. The fourth-order valence-electron chi connectivity index (χ4n) is 3.95. The number of nitrogens with zero attached hydrogens (tertiary/aromatic N) is 2. The van der Waals surface area contributed by atoms with Crippen LogP contribution in [0.1, 0.15) is 22.7 Å². The zero-order chi connectivity index (χ0) is 23.6. The van der Waals surface area contributed by atoms with Crippen molar-refractivity contribution in [2.24, 2.45) is 0 Å². The molecule has 0 aliphatic carbocycles. The Kier molecular flexibility index (Phi) is 8.57. The van der Waals surface area contributed by atoms with Crippen LogP contribution in [0.25, 0.3) is 0 Å². The van der Waals surface area contributed by atoms with Gasteiger partial charge in [0.1, 0.15) is 5.75 Å². The van der Waals surface area contributed by atoms with Crippen molar-refractivity contribution in [1.29, 1.82) is 0 Å². The number of hydrogen-bond donors (Lipinski definition) is 3. The van der Waals surface area contributed by atoms with E-state index in [-0.39, 0.29) is 0 Å². The molecule has 1 aliphatic heterocycles. The molecule has 3 aromatic carbocycles. The molecule has 1 aliphatic rings. The SMILES string of the molecule is O=C(O)C(=O)O.Oc1ccccc1CN1CCN(C(c2ccccc2)c2ccccc2)CC1. The summed E-state index contributed by atoms with van der Waals surface area (Å²) in [7, 11) is 0. The van der Waals surface area contributed by atoms with Gasteiger partial charge in [0.15, 0.2) is 0 Å². The van der Waals surface area contributed by atoms with Crippen LogP contribution in [0.2, 0.25) is 0 Å². The predicted molar refractivity (Wildman–Crippen MR) is 125 cm³/mol. The highest BCUT2D eigenvalue weighted by Gasteiger charge is 2.26. The molecule has 1 heterocycles. The number of rotatable bonds is 5. The summed E-state index contributed by atoms with van der Waals surface area (Å²) in [4.78, 5) is 23.2.